The van der Waals surface area contributed by atoms with Gasteiger partial charge in [0.25, 0.3) is 5.91 Å². The van der Waals surface area contributed by atoms with E-state index in [1.54, 1.807) is 24.3 Å². The van der Waals surface area contributed by atoms with E-state index in [0.717, 1.165) is 12.8 Å². The largest absolute Gasteiger partial charge is 0.394 e. The second-order valence-corrected chi connectivity index (χ2v) is 6.60. The molecule has 0 spiro atoms. The van der Waals surface area contributed by atoms with Crippen molar-refractivity contribution < 1.29 is 9.90 Å². The van der Waals surface area contributed by atoms with Gasteiger partial charge in [0.05, 0.1) is 30.1 Å². The summed E-state index contributed by atoms with van der Waals surface area (Å²) in [6.45, 7) is 3.70. The molecule has 1 N–H and O–H groups in total. The molecule has 1 aromatic carbocycles. The van der Waals surface area contributed by atoms with Gasteiger partial charge in [0.1, 0.15) is 11.7 Å². The van der Waals surface area contributed by atoms with Gasteiger partial charge in [0.15, 0.2) is 5.82 Å². The predicted octanol–water partition coefficient (Wildman–Crippen LogP) is 3.04. The van der Waals surface area contributed by atoms with E-state index in [2.05, 4.69) is 16.0 Å². The van der Waals surface area contributed by atoms with Crippen molar-refractivity contribution in [1.29, 1.82) is 5.26 Å². The number of carbonyl (C=O) groups is 1. The Morgan fingerprint density at radius 3 is 2.74 bits per heavy atom. The topological polar surface area (TPSA) is 93.4 Å². The van der Waals surface area contributed by atoms with Gasteiger partial charge in [-0.2, -0.15) is 10.2 Å². The molecule has 0 bridgehead atoms. The molecule has 1 atom stereocenters. The maximum atomic E-state index is 13.3. The Hall–Kier alpha value is -2.69. The summed E-state index contributed by atoms with van der Waals surface area (Å²) in [6, 6.07) is 8.03. The van der Waals surface area contributed by atoms with Crippen molar-refractivity contribution in [2.24, 2.45) is 0 Å². The lowest BCUT2D eigenvalue weighted by atomic mass is 10.0. The normalized spacial score (nSPS) is 16.4. The summed E-state index contributed by atoms with van der Waals surface area (Å²) in [5.41, 5.74) is 1.43. The maximum absolute atomic E-state index is 13.3. The minimum Gasteiger partial charge on any atom is -0.394 e. The van der Waals surface area contributed by atoms with Crippen molar-refractivity contribution in [3.8, 4) is 6.07 Å². The van der Waals surface area contributed by atoms with Gasteiger partial charge in [-0.1, -0.05) is 19.9 Å². The molecule has 1 aliphatic rings. The highest BCUT2D eigenvalue weighted by Gasteiger charge is 2.42. The summed E-state index contributed by atoms with van der Waals surface area (Å²) < 4.78 is 0. The monoisotopic (exact) mass is 385 g/mol. The third-order valence-electron chi connectivity index (χ3n) is 4.79. The fourth-order valence-corrected chi connectivity index (χ4v) is 3.61. The Morgan fingerprint density at radius 2 is 2.11 bits per heavy atom. The Bertz CT molecular complexity index is 894. The van der Waals surface area contributed by atoms with Crippen molar-refractivity contribution in [3.63, 3.8) is 0 Å². The van der Waals surface area contributed by atoms with Gasteiger partial charge in [-0.15, -0.1) is 0 Å². The van der Waals surface area contributed by atoms with E-state index in [1.165, 1.54) is 11.1 Å². The lowest BCUT2D eigenvalue weighted by Gasteiger charge is -2.44. The van der Waals surface area contributed by atoms with Crippen LogP contribution in [0.15, 0.2) is 30.5 Å². The zero-order valence-corrected chi connectivity index (χ0v) is 15.9. The summed E-state index contributed by atoms with van der Waals surface area (Å²) in [5, 5.41) is 19.3. The van der Waals surface area contributed by atoms with Crippen molar-refractivity contribution in [1.82, 2.24) is 9.97 Å². The highest BCUT2D eigenvalue weighted by molar-refractivity contribution is 6.28. The SMILES string of the molecule is CCC(CC)N1c2nc(Cl)ncc2N(c2cccc(C#N)c2)C(=O)C1CO. The van der Waals surface area contributed by atoms with Gasteiger partial charge in [-0.3, -0.25) is 9.69 Å². The summed E-state index contributed by atoms with van der Waals surface area (Å²) >= 11 is 6.04. The molecule has 2 heterocycles. The summed E-state index contributed by atoms with van der Waals surface area (Å²) in [4.78, 5) is 25.0. The first kappa shape index (κ1) is 19.1. The van der Waals surface area contributed by atoms with E-state index in [4.69, 9.17) is 11.6 Å². The first-order chi connectivity index (χ1) is 13.0. The molecule has 0 saturated heterocycles. The zero-order chi connectivity index (χ0) is 19.6. The number of halogens is 1. The van der Waals surface area contributed by atoms with Crippen LogP contribution in [0.5, 0.6) is 0 Å². The van der Waals surface area contributed by atoms with E-state index in [1.807, 2.05) is 18.7 Å². The Labute approximate surface area is 162 Å². The molecule has 7 nitrogen and oxygen atoms in total. The fraction of sp³-hybridized carbons (Fsp3) is 0.368. The van der Waals surface area contributed by atoms with E-state index in [0.29, 0.717) is 22.8 Å². The quantitative estimate of drug-likeness (QED) is 0.795. The molecule has 1 aromatic heterocycles. The molecule has 27 heavy (non-hydrogen) atoms. The average molecular weight is 386 g/mol. The van der Waals surface area contributed by atoms with Crippen LogP contribution in [0, 0.1) is 11.3 Å². The molecule has 0 fully saturated rings. The zero-order valence-electron chi connectivity index (χ0n) is 15.1. The van der Waals surface area contributed by atoms with Crippen molar-refractivity contribution in [2.75, 3.05) is 16.4 Å². The lowest BCUT2D eigenvalue weighted by Crippen LogP contribution is -2.57. The molecule has 3 rings (SSSR count). The molecular formula is C19H20ClN5O2. The summed E-state index contributed by atoms with van der Waals surface area (Å²) in [6.07, 6.45) is 3.07. The molecule has 0 aliphatic carbocycles. The number of aromatic nitrogens is 2. The van der Waals surface area contributed by atoms with E-state index >= 15 is 0 Å². The Balaban J connectivity index is 2.23. The smallest absolute Gasteiger partial charge is 0.256 e. The standard InChI is InChI=1S/C19H20ClN5O2/c1-3-13(4-2)24-16(11-26)18(27)25(14-7-5-6-12(8-14)9-21)15-10-22-19(20)23-17(15)24/h5-8,10,13,16,26H,3-4,11H2,1-2H3. The van der Waals surface area contributed by atoms with Crippen LogP contribution < -0.4 is 9.80 Å². The highest BCUT2D eigenvalue weighted by Crippen LogP contribution is 2.41. The highest BCUT2D eigenvalue weighted by atomic mass is 35.5. The van der Waals surface area contributed by atoms with E-state index in [-0.39, 0.29) is 23.8 Å². The van der Waals surface area contributed by atoms with Gasteiger partial charge in [-0.25, -0.2) is 4.98 Å². The van der Waals surface area contributed by atoms with Gasteiger partial charge in [0.2, 0.25) is 5.28 Å². The van der Waals surface area contributed by atoms with Crippen molar-refractivity contribution >= 4 is 34.7 Å². The molecule has 0 radical (unpaired) electrons. The van der Waals surface area contributed by atoms with Crippen LogP contribution in [0.1, 0.15) is 32.3 Å². The number of fused-ring (bicyclic) bond motifs is 1. The molecular weight excluding hydrogens is 366 g/mol. The molecule has 0 saturated carbocycles. The molecule has 1 aliphatic heterocycles. The summed E-state index contributed by atoms with van der Waals surface area (Å²) in [7, 11) is 0. The number of anilines is 3. The summed E-state index contributed by atoms with van der Waals surface area (Å²) in [5.74, 6) is 0.211. The van der Waals surface area contributed by atoms with E-state index in [9.17, 15) is 15.2 Å². The minimum atomic E-state index is -0.792. The molecule has 1 unspecified atom stereocenters. The van der Waals surface area contributed by atoms with Gasteiger partial charge < -0.3 is 10.0 Å². The van der Waals surface area contributed by atoms with Crippen LogP contribution in [0.4, 0.5) is 17.2 Å². The number of amides is 1. The molecule has 2 aromatic rings. The lowest BCUT2D eigenvalue weighted by molar-refractivity contribution is -0.120. The number of hydrogen-bond donors (Lipinski definition) is 1. The number of nitrogens with zero attached hydrogens (tertiary/aromatic N) is 5. The van der Waals surface area contributed by atoms with E-state index < -0.39 is 6.04 Å². The van der Waals surface area contributed by atoms with Crippen LogP contribution in [0.25, 0.3) is 0 Å². The maximum Gasteiger partial charge on any atom is 0.256 e. The first-order valence-corrected chi connectivity index (χ1v) is 9.19. The number of aliphatic hydroxyl groups excluding tert-OH is 1. The van der Waals surface area contributed by atoms with Gasteiger partial charge >= 0.3 is 0 Å². The van der Waals surface area contributed by atoms with Crippen molar-refractivity contribution in [3.05, 3.63) is 41.3 Å². The van der Waals surface area contributed by atoms with Gasteiger partial charge in [0, 0.05) is 6.04 Å². The Kier molecular flexibility index (Phi) is 5.59. The number of nitriles is 1. The van der Waals surface area contributed by atoms with Crippen LogP contribution in [0.2, 0.25) is 5.28 Å². The molecule has 140 valence electrons. The number of carbonyl (C=O) groups excluding carboxylic acids is 1. The van der Waals surface area contributed by atoms with Crippen molar-refractivity contribution in [2.45, 2.75) is 38.8 Å². The number of aliphatic hydroxyl groups is 1. The molecule has 8 heteroatoms. The third-order valence-corrected chi connectivity index (χ3v) is 4.97. The molecule has 1 amide bonds. The minimum absolute atomic E-state index is 0.0170. The number of rotatable bonds is 5. The Morgan fingerprint density at radius 1 is 1.37 bits per heavy atom. The second kappa shape index (κ2) is 7.91. The first-order valence-electron chi connectivity index (χ1n) is 8.81. The third kappa shape index (κ3) is 3.34. The fourth-order valence-electron chi connectivity index (χ4n) is 3.48. The predicted molar refractivity (Wildman–Crippen MR) is 103 cm³/mol. The van der Waals surface area contributed by atoms with Crippen LogP contribution in [-0.2, 0) is 4.79 Å². The van der Waals surface area contributed by atoms with Crippen LogP contribution in [-0.4, -0.2) is 39.7 Å². The number of hydrogen-bond acceptors (Lipinski definition) is 6. The van der Waals surface area contributed by atoms with Crippen LogP contribution in [0.3, 0.4) is 0 Å². The van der Waals surface area contributed by atoms with Gasteiger partial charge in [-0.05, 0) is 42.6 Å². The average Bonchev–Trinajstić information content (AvgIpc) is 2.69. The second-order valence-electron chi connectivity index (χ2n) is 6.26. The van der Waals surface area contributed by atoms with Crippen LogP contribution >= 0.6 is 11.6 Å². The number of benzene rings is 1.